The van der Waals surface area contributed by atoms with Gasteiger partial charge in [-0.1, -0.05) is 0 Å². The first-order valence-corrected chi connectivity index (χ1v) is 12.3. The van der Waals surface area contributed by atoms with Crippen LogP contribution >= 0.6 is 7.81 Å². The molecule has 1 aromatic carbocycles. The van der Waals surface area contributed by atoms with Gasteiger partial charge in [-0.05, 0) is 0 Å². The Labute approximate surface area is 228 Å². The number of fused-ring (bicyclic) bond motifs is 2. The molecule has 1 aromatic heterocycles. The summed E-state index contributed by atoms with van der Waals surface area (Å²) in [5, 5.41) is 0. The molecule has 2 aromatic rings. The van der Waals surface area contributed by atoms with Gasteiger partial charge >= 0.3 is 174 Å². The number of anilines is 1. The zero-order valence-corrected chi connectivity index (χ0v) is 25.5. The molecule has 1 atom stereocenters. The molecule has 9 nitrogen and oxygen atoms in total. The second-order valence-electron chi connectivity index (χ2n) is 7.48. The molecule has 1 radical (unpaired) electrons. The summed E-state index contributed by atoms with van der Waals surface area (Å²) in [6.45, 7) is 3.86. The molecule has 0 bridgehead atoms. The zero-order valence-electron chi connectivity index (χ0n) is 19.2. The molecule has 2 aliphatic rings. The monoisotopic (exact) mass is 705 g/mol. The second kappa shape index (κ2) is 12.1. The minimum atomic E-state index is -0.588. The minimum absolute atomic E-state index is 0. The van der Waals surface area contributed by atoms with E-state index in [1.165, 1.54) is 18.1 Å². The first-order valence-electron chi connectivity index (χ1n) is 10.3. The smallest absolute Gasteiger partial charge is 0 e. The molecule has 35 heavy (non-hydrogen) atoms. The van der Waals surface area contributed by atoms with E-state index in [0.29, 0.717) is 46.1 Å². The summed E-state index contributed by atoms with van der Waals surface area (Å²) in [5.41, 5.74) is 2.47. The van der Waals surface area contributed by atoms with Gasteiger partial charge in [-0.3, -0.25) is 0 Å². The van der Waals surface area contributed by atoms with Gasteiger partial charge in [0.15, 0.2) is 0 Å². The topological polar surface area (TPSA) is 90.4 Å². The van der Waals surface area contributed by atoms with Crippen molar-refractivity contribution in [3.63, 3.8) is 0 Å². The Morgan fingerprint density at radius 2 is 2.09 bits per heavy atom. The second-order valence-corrected chi connectivity index (χ2v) is 8.32. The van der Waals surface area contributed by atoms with Gasteiger partial charge in [0, 0.05) is 33.4 Å². The predicted octanol–water partition coefficient (Wildman–Crippen LogP) is 3.55. The first kappa shape index (κ1) is 27.3. The van der Waals surface area contributed by atoms with Gasteiger partial charge in [0.2, 0.25) is 5.88 Å². The number of carbonyl (C=O) groups is 2. The van der Waals surface area contributed by atoms with Crippen LogP contribution in [0.25, 0.3) is 5.57 Å². The number of pyridine rings is 1. The molecule has 0 spiro atoms. The third kappa shape index (κ3) is 5.59. The molecular formula is C23H23N3O6PSTl-. The van der Waals surface area contributed by atoms with E-state index in [1.807, 2.05) is 12.3 Å². The van der Waals surface area contributed by atoms with Crippen LogP contribution in [0.3, 0.4) is 0 Å². The third-order valence-corrected chi connectivity index (χ3v) is 6.10. The number of rotatable bonds is 6. The SMILES string of the molecule is C=CCOC(=O)N1C[C@@H]2CC(c3ccc(OC)nc3)=CN2C(=O)c2cc(OC)c(O[SH-]#P)cc21.[Tl]. The Bertz CT molecular complexity index is 1220. The number of ether oxygens (including phenoxy) is 3. The van der Waals surface area contributed by atoms with Crippen molar-refractivity contribution in [1.29, 1.82) is 0 Å². The van der Waals surface area contributed by atoms with Crippen LogP contribution in [-0.4, -0.2) is 82.6 Å². The molecule has 0 saturated carbocycles. The molecule has 3 heterocycles. The Hall–Kier alpha value is -2.31. The summed E-state index contributed by atoms with van der Waals surface area (Å²) in [6.07, 6.45) is 4.95. The van der Waals surface area contributed by atoms with Crippen LogP contribution in [0.1, 0.15) is 22.3 Å². The van der Waals surface area contributed by atoms with E-state index in [0.717, 1.165) is 11.1 Å². The number of carbonyl (C=O) groups excluding carboxylic acids is 2. The summed E-state index contributed by atoms with van der Waals surface area (Å²) in [7, 11) is 7.12. The summed E-state index contributed by atoms with van der Waals surface area (Å²) in [4.78, 5) is 34.0. The van der Waals surface area contributed by atoms with Crippen molar-refractivity contribution in [2.75, 3.05) is 32.3 Å². The van der Waals surface area contributed by atoms with Crippen molar-refractivity contribution in [1.82, 2.24) is 9.88 Å². The van der Waals surface area contributed by atoms with Crippen LogP contribution in [0, 0.1) is 0 Å². The summed E-state index contributed by atoms with van der Waals surface area (Å²) in [6, 6.07) is 6.53. The normalized spacial score (nSPS) is 16.2. The van der Waals surface area contributed by atoms with E-state index in [9.17, 15) is 9.59 Å². The minimum Gasteiger partial charge on any atom is 0 e. The van der Waals surface area contributed by atoms with Gasteiger partial charge in [0.05, 0.1) is 7.11 Å². The van der Waals surface area contributed by atoms with Gasteiger partial charge in [-0.2, -0.15) is 0 Å². The van der Waals surface area contributed by atoms with Crippen LogP contribution in [0.5, 0.6) is 17.4 Å². The molecule has 0 aliphatic carbocycles. The molecule has 0 fully saturated rings. The Balaban J connectivity index is 0.00000342. The van der Waals surface area contributed by atoms with E-state index >= 15 is 0 Å². The van der Waals surface area contributed by atoms with Crippen molar-refractivity contribution >= 4 is 69.4 Å². The molecular weight excluding hydrogens is 682 g/mol. The van der Waals surface area contributed by atoms with Crippen LogP contribution in [0.2, 0.25) is 0 Å². The Morgan fingerprint density at radius 3 is 2.71 bits per heavy atom. The standard InChI is InChI=1S/C23H23N3O6PS.Tl/c1-4-7-31-23(28)26-13-16-8-15(14-5-6-21(30-3)24-11-14)12-25(16)22(27)17-9-19(29-2)20(32-34-33)10-18(17)26;/h4-6,9-12,16,34H,1,7-8,13H2,2-3H3;/q-1;/t16-;/m0./s1. The molecule has 2 amide bonds. The van der Waals surface area contributed by atoms with Gasteiger partial charge in [0.25, 0.3) is 0 Å². The predicted molar refractivity (Wildman–Crippen MR) is 137 cm³/mol. The van der Waals surface area contributed by atoms with Crippen molar-refractivity contribution in [2.45, 2.75) is 12.5 Å². The number of methoxy groups -OCH3 is 2. The van der Waals surface area contributed by atoms with Crippen LogP contribution in [-0.2, 0) is 15.8 Å². The van der Waals surface area contributed by atoms with Gasteiger partial charge < -0.3 is 4.74 Å². The van der Waals surface area contributed by atoms with Crippen molar-refractivity contribution < 1.29 is 28.0 Å². The van der Waals surface area contributed by atoms with Crippen molar-refractivity contribution in [2.24, 2.45) is 0 Å². The molecule has 2 aliphatic heterocycles. The summed E-state index contributed by atoms with van der Waals surface area (Å²) < 4.78 is 21.4. The maximum atomic E-state index is 13.7. The number of hydrogen-bond donors (Lipinski definition) is 0. The fourth-order valence-corrected chi connectivity index (χ4v) is 4.48. The number of thiol groups is 1. The maximum absolute atomic E-state index is 13.7. The van der Waals surface area contributed by atoms with Crippen LogP contribution < -0.4 is 18.6 Å². The first-order chi connectivity index (χ1) is 16.5. The number of aromatic nitrogens is 1. The zero-order chi connectivity index (χ0) is 24.2. The van der Waals surface area contributed by atoms with E-state index in [1.54, 1.807) is 36.4 Å². The van der Waals surface area contributed by atoms with Crippen molar-refractivity contribution in [3.05, 3.63) is 60.4 Å². The van der Waals surface area contributed by atoms with E-state index in [-0.39, 0.29) is 52.4 Å². The van der Waals surface area contributed by atoms with E-state index < -0.39 is 6.09 Å². The van der Waals surface area contributed by atoms with Crippen LogP contribution in [0.15, 0.2) is 49.3 Å². The van der Waals surface area contributed by atoms with E-state index in [4.69, 9.17) is 18.4 Å². The Morgan fingerprint density at radius 1 is 1.29 bits per heavy atom. The average Bonchev–Trinajstić information content (AvgIpc) is 3.25. The molecule has 0 N–H and O–H groups in total. The molecule has 12 heteroatoms. The third-order valence-electron chi connectivity index (χ3n) is 5.58. The molecule has 0 saturated heterocycles. The largest absolute Gasteiger partial charge is 0 e. The average molecular weight is 705 g/mol. The quantitative estimate of drug-likeness (QED) is 0.150. The number of nitrogens with zero attached hydrogens (tertiary/aromatic N) is 3. The van der Waals surface area contributed by atoms with Crippen LogP contribution in [0.4, 0.5) is 10.5 Å². The number of benzene rings is 1. The molecule has 4 rings (SSSR count). The fourth-order valence-electron chi connectivity index (χ4n) is 3.99. The van der Waals surface area contributed by atoms with Gasteiger partial charge in [-0.25, -0.2) is 4.98 Å². The summed E-state index contributed by atoms with van der Waals surface area (Å²) >= 11 is 0.341. The fraction of sp³-hybridized carbons (Fsp3) is 0.261. The molecule has 181 valence electrons. The maximum Gasteiger partial charge on any atom is 0 e. The van der Waals surface area contributed by atoms with Crippen molar-refractivity contribution in [3.8, 4) is 17.4 Å². The van der Waals surface area contributed by atoms with Gasteiger partial charge in [0.1, 0.15) is 0 Å². The number of hydrogen-bond acceptors (Lipinski definition) is 8. The number of amides is 2. The van der Waals surface area contributed by atoms with Gasteiger partial charge in [-0.15, -0.1) is 0 Å². The molecule has 0 unspecified atom stereocenters. The Kier molecular flexibility index (Phi) is 9.42. The summed E-state index contributed by atoms with van der Waals surface area (Å²) in [5.74, 6) is 0.955. The van der Waals surface area contributed by atoms with E-state index in [2.05, 4.69) is 19.4 Å².